The first-order chi connectivity index (χ1) is 16.9. The average Bonchev–Trinajstić information content (AvgIpc) is 3.60. The highest BCUT2D eigenvalue weighted by Gasteiger charge is 2.37. The Kier molecular flexibility index (Phi) is 6.52. The predicted octanol–water partition coefficient (Wildman–Crippen LogP) is 2.75. The van der Waals surface area contributed by atoms with Crippen LogP contribution in [0.5, 0.6) is 0 Å². The number of carbonyl (C=O) groups is 2. The lowest BCUT2D eigenvalue weighted by atomic mass is 10.1. The highest BCUT2D eigenvalue weighted by atomic mass is 35.5. The minimum absolute atomic E-state index is 0.187. The van der Waals surface area contributed by atoms with Gasteiger partial charge in [-0.25, -0.2) is 9.97 Å². The number of halogens is 1. The molecule has 1 aromatic carbocycles. The molecule has 9 nitrogen and oxygen atoms in total. The number of hydrogen-bond acceptors (Lipinski definition) is 7. The lowest BCUT2D eigenvalue weighted by Crippen LogP contribution is -2.33. The van der Waals surface area contributed by atoms with E-state index in [4.69, 9.17) is 23.1 Å². The molecule has 1 saturated heterocycles. The van der Waals surface area contributed by atoms with Crippen LogP contribution in [0.1, 0.15) is 49.6 Å². The number of imidazole rings is 1. The Balaban J connectivity index is 1.29. The minimum atomic E-state index is -0.318. The van der Waals surface area contributed by atoms with Gasteiger partial charge in [-0.05, 0) is 29.7 Å². The fourth-order valence-corrected chi connectivity index (χ4v) is 5.24. The standard InChI is InChI=1S/C24H24ClN7O2S/c25-16-5-6-21-29-18(12-31(21)10-16)24(34)32-11-17(27)7-20(32)23-30-19(13-35-23)22(33)28-9-15-3-1-14(8-26)2-4-15/h1-6,10,12-13,17,20H,7-9,11,26-27H2,(H,28,33)/t17-,20+/m1/s1. The maximum Gasteiger partial charge on any atom is 0.274 e. The molecule has 1 fully saturated rings. The number of nitrogens with zero attached hydrogens (tertiary/aromatic N) is 4. The zero-order valence-electron chi connectivity index (χ0n) is 18.7. The van der Waals surface area contributed by atoms with Crippen molar-refractivity contribution in [2.75, 3.05) is 6.54 Å². The van der Waals surface area contributed by atoms with E-state index in [-0.39, 0.29) is 23.9 Å². The van der Waals surface area contributed by atoms with E-state index in [0.717, 1.165) is 11.1 Å². The molecule has 0 unspecified atom stereocenters. The van der Waals surface area contributed by atoms with Gasteiger partial charge in [-0.2, -0.15) is 0 Å². The van der Waals surface area contributed by atoms with Crippen molar-refractivity contribution in [3.8, 4) is 0 Å². The molecule has 3 aromatic heterocycles. The predicted molar refractivity (Wildman–Crippen MR) is 134 cm³/mol. The number of hydrogen-bond donors (Lipinski definition) is 3. The molecule has 0 spiro atoms. The molecule has 180 valence electrons. The first-order valence-corrected chi connectivity index (χ1v) is 12.4. The molecule has 11 heteroatoms. The van der Waals surface area contributed by atoms with E-state index in [1.807, 2.05) is 24.3 Å². The van der Waals surface area contributed by atoms with E-state index in [2.05, 4.69) is 15.3 Å². The van der Waals surface area contributed by atoms with Gasteiger partial charge in [-0.1, -0.05) is 35.9 Å². The minimum Gasteiger partial charge on any atom is -0.347 e. The van der Waals surface area contributed by atoms with Gasteiger partial charge in [0.05, 0.1) is 11.1 Å². The second-order valence-electron chi connectivity index (χ2n) is 8.48. The van der Waals surface area contributed by atoms with E-state index < -0.39 is 0 Å². The highest BCUT2D eigenvalue weighted by molar-refractivity contribution is 7.09. The van der Waals surface area contributed by atoms with Crippen LogP contribution in [0.25, 0.3) is 5.65 Å². The first-order valence-electron chi connectivity index (χ1n) is 11.1. The van der Waals surface area contributed by atoms with Crippen molar-refractivity contribution in [3.63, 3.8) is 0 Å². The molecule has 4 heterocycles. The summed E-state index contributed by atoms with van der Waals surface area (Å²) in [5.74, 6) is -0.502. The van der Waals surface area contributed by atoms with Gasteiger partial charge in [-0.3, -0.25) is 9.59 Å². The summed E-state index contributed by atoms with van der Waals surface area (Å²) in [4.78, 5) is 36.7. The molecule has 0 bridgehead atoms. The molecule has 5 N–H and O–H groups in total. The summed E-state index contributed by atoms with van der Waals surface area (Å²) in [5.41, 5.74) is 15.1. The molecule has 0 saturated carbocycles. The number of likely N-dealkylation sites (tertiary alicyclic amines) is 1. The number of aromatic nitrogens is 3. The molecular weight excluding hydrogens is 486 g/mol. The molecular formula is C24H24ClN7O2S. The molecule has 0 radical (unpaired) electrons. The summed E-state index contributed by atoms with van der Waals surface area (Å²) in [5, 5.41) is 5.83. The van der Waals surface area contributed by atoms with E-state index >= 15 is 0 Å². The number of benzene rings is 1. The van der Waals surface area contributed by atoms with Crippen LogP contribution in [0.15, 0.2) is 54.2 Å². The van der Waals surface area contributed by atoms with Crippen molar-refractivity contribution < 1.29 is 9.59 Å². The normalized spacial score (nSPS) is 17.7. The zero-order chi connectivity index (χ0) is 24.5. The summed E-state index contributed by atoms with van der Waals surface area (Å²) >= 11 is 7.40. The number of rotatable bonds is 6. The maximum absolute atomic E-state index is 13.3. The van der Waals surface area contributed by atoms with Crippen molar-refractivity contribution in [3.05, 3.63) is 86.7 Å². The third kappa shape index (κ3) is 4.92. The third-order valence-electron chi connectivity index (χ3n) is 5.98. The summed E-state index contributed by atoms with van der Waals surface area (Å²) in [6.45, 7) is 1.25. The topological polar surface area (TPSA) is 132 Å². The van der Waals surface area contributed by atoms with Crippen LogP contribution in [-0.2, 0) is 13.1 Å². The summed E-state index contributed by atoms with van der Waals surface area (Å²) in [6, 6.07) is 10.7. The Morgan fingerprint density at radius 3 is 2.63 bits per heavy atom. The van der Waals surface area contributed by atoms with Gasteiger partial charge in [0.15, 0.2) is 0 Å². The second-order valence-corrected chi connectivity index (χ2v) is 9.81. The molecule has 2 amide bonds. The molecule has 0 aliphatic carbocycles. The van der Waals surface area contributed by atoms with Gasteiger partial charge in [0.2, 0.25) is 0 Å². The summed E-state index contributed by atoms with van der Waals surface area (Å²) in [7, 11) is 0. The maximum atomic E-state index is 13.3. The monoisotopic (exact) mass is 509 g/mol. The van der Waals surface area contributed by atoms with Gasteiger partial charge in [0.1, 0.15) is 22.0 Å². The number of nitrogens with two attached hydrogens (primary N) is 2. The molecule has 35 heavy (non-hydrogen) atoms. The largest absolute Gasteiger partial charge is 0.347 e. The van der Waals surface area contributed by atoms with Crippen LogP contribution in [0.2, 0.25) is 5.02 Å². The third-order valence-corrected chi connectivity index (χ3v) is 7.15. The smallest absolute Gasteiger partial charge is 0.274 e. The number of carbonyl (C=O) groups excluding carboxylic acids is 2. The molecule has 1 aliphatic heterocycles. The van der Waals surface area contributed by atoms with Gasteiger partial charge in [0.25, 0.3) is 11.8 Å². The van der Waals surface area contributed by atoms with Crippen molar-refractivity contribution in [1.29, 1.82) is 0 Å². The quantitative estimate of drug-likeness (QED) is 0.366. The Bertz CT molecular complexity index is 1380. The van der Waals surface area contributed by atoms with Gasteiger partial charge in [0, 0.05) is 43.4 Å². The van der Waals surface area contributed by atoms with Gasteiger partial charge >= 0.3 is 0 Å². The van der Waals surface area contributed by atoms with Crippen molar-refractivity contribution in [2.24, 2.45) is 11.5 Å². The van der Waals surface area contributed by atoms with Crippen LogP contribution < -0.4 is 16.8 Å². The number of nitrogens with one attached hydrogen (secondary N) is 1. The molecule has 5 rings (SSSR count). The summed E-state index contributed by atoms with van der Waals surface area (Å²) in [6.07, 6.45) is 3.92. The van der Waals surface area contributed by atoms with Crippen molar-refractivity contribution >= 4 is 40.4 Å². The number of fused-ring (bicyclic) bond motifs is 1. The van der Waals surface area contributed by atoms with Gasteiger partial charge < -0.3 is 26.1 Å². The van der Waals surface area contributed by atoms with E-state index in [9.17, 15) is 9.59 Å². The lowest BCUT2D eigenvalue weighted by Gasteiger charge is -2.21. The van der Waals surface area contributed by atoms with E-state index in [0.29, 0.717) is 53.1 Å². The van der Waals surface area contributed by atoms with Gasteiger partial charge in [-0.15, -0.1) is 11.3 Å². The second kappa shape index (κ2) is 9.74. The SMILES string of the molecule is NCc1ccc(CNC(=O)c2csc([C@@H]3C[C@@H](N)CN3C(=O)c3cn4cc(Cl)ccc4n3)n2)cc1. The van der Waals surface area contributed by atoms with Crippen LogP contribution in [0, 0.1) is 0 Å². The summed E-state index contributed by atoms with van der Waals surface area (Å²) < 4.78 is 1.72. The van der Waals surface area contributed by atoms with Crippen LogP contribution in [0.4, 0.5) is 0 Å². The fraction of sp³-hybridized carbons (Fsp3) is 0.250. The zero-order valence-corrected chi connectivity index (χ0v) is 20.3. The average molecular weight is 510 g/mol. The Labute approximate surface area is 210 Å². The van der Waals surface area contributed by atoms with Crippen molar-refractivity contribution in [2.45, 2.75) is 31.6 Å². The Morgan fingerprint density at radius 1 is 1.09 bits per heavy atom. The number of thiazole rings is 1. The van der Waals surface area contributed by atoms with E-state index in [1.54, 1.807) is 39.2 Å². The highest BCUT2D eigenvalue weighted by Crippen LogP contribution is 2.34. The van der Waals surface area contributed by atoms with E-state index in [1.165, 1.54) is 11.3 Å². The fourth-order valence-electron chi connectivity index (χ4n) is 4.15. The first kappa shape index (κ1) is 23.4. The Hall–Kier alpha value is -3.31. The molecule has 1 aliphatic rings. The number of amides is 2. The molecule has 4 aromatic rings. The lowest BCUT2D eigenvalue weighted by molar-refractivity contribution is 0.0728. The van der Waals surface area contributed by atoms with Crippen molar-refractivity contribution in [1.82, 2.24) is 24.6 Å². The van der Waals surface area contributed by atoms with Crippen LogP contribution >= 0.6 is 22.9 Å². The number of pyridine rings is 1. The molecule has 2 atom stereocenters. The Morgan fingerprint density at radius 2 is 1.86 bits per heavy atom. The van der Waals surface area contributed by atoms with Crippen LogP contribution in [-0.4, -0.2) is 43.7 Å². The van der Waals surface area contributed by atoms with Crippen LogP contribution in [0.3, 0.4) is 0 Å².